The van der Waals surface area contributed by atoms with E-state index in [2.05, 4.69) is 22.8 Å². The first-order chi connectivity index (χ1) is 18.7. The zero-order valence-electron chi connectivity index (χ0n) is 22.9. The Labute approximate surface area is 229 Å². The predicted octanol–water partition coefficient (Wildman–Crippen LogP) is 2.92. The summed E-state index contributed by atoms with van der Waals surface area (Å²) in [6.07, 6.45) is 3.41. The molecule has 1 aromatic heterocycles. The first-order valence-corrected chi connectivity index (χ1v) is 13.6. The molecule has 0 saturated carbocycles. The summed E-state index contributed by atoms with van der Waals surface area (Å²) >= 11 is 0. The number of rotatable bonds is 16. The van der Waals surface area contributed by atoms with E-state index in [0.717, 1.165) is 50.2 Å². The first kappa shape index (κ1) is 30.5. The fourth-order valence-corrected chi connectivity index (χ4v) is 4.72. The van der Waals surface area contributed by atoms with Gasteiger partial charge in [-0.2, -0.15) is 0 Å². The molecule has 3 rings (SSSR count). The summed E-state index contributed by atoms with van der Waals surface area (Å²) in [5.74, 6) is -1.05. The van der Waals surface area contributed by atoms with Crippen LogP contribution in [0.5, 0.6) is 0 Å². The van der Waals surface area contributed by atoms with Crippen LogP contribution in [0.15, 0.2) is 42.5 Å². The number of carboxylic acid groups (broad SMARTS) is 1. The molecule has 1 amide bonds. The normalized spacial score (nSPS) is 16.0. The number of fused-ring (bicyclic) bond motifs is 1. The lowest BCUT2D eigenvalue weighted by molar-refractivity contribution is -0.147. The molecule has 0 radical (unpaired) electrons. The second-order valence-electron chi connectivity index (χ2n) is 10.2. The van der Waals surface area contributed by atoms with Gasteiger partial charge in [0.25, 0.3) is 5.91 Å². The maximum Gasteiger partial charge on any atom is 0.326 e. The number of hydrogen-bond acceptors (Lipinski definition) is 7. The predicted molar refractivity (Wildman–Crippen MR) is 147 cm³/mol. The van der Waals surface area contributed by atoms with Crippen LogP contribution in [0.4, 0.5) is 10.2 Å². The number of methoxy groups -OCH3 is 1. The summed E-state index contributed by atoms with van der Waals surface area (Å²) in [6.45, 7) is 3.13. The van der Waals surface area contributed by atoms with Gasteiger partial charge in [0.1, 0.15) is 18.0 Å². The van der Waals surface area contributed by atoms with Gasteiger partial charge in [0.15, 0.2) is 5.60 Å². The minimum Gasteiger partial charge on any atom is -0.480 e. The molecule has 2 heterocycles. The molecule has 39 heavy (non-hydrogen) atoms. The van der Waals surface area contributed by atoms with Crippen LogP contribution in [0, 0.1) is 0 Å². The van der Waals surface area contributed by atoms with Crippen molar-refractivity contribution in [1.29, 1.82) is 0 Å². The third-order valence-electron chi connectivity index (χ3n) is 7.03. The van der Waals surface area contributed by atoms with Gasteiger partial charge >= 0.3 is 5.97 Å². The number of aryl methyl sites for hydroxylation is 2. The van der Waals surface area contributed by atoms with E-state index in [-0.39, 0.29) is 26.1 Å². The van der Waals surface area contributed by atoms with Crippen molar-refractivity contribution in [1.82, 2.24) is 15.2 Å². The van der Waals surface area contributed by atoms with Crippen LogP contribution < -0.4 is 10.6 Å². The van der Waals surface area contributed by atoms with Crippen LogP contribution in [-0.4, -0.2) is 84.1 Å². The van der Waals surface area contributed by atoms with Gasteiger partial charge in [-0.05, 0) is 69.2 Å². The monoisotopic (exact) mass is 544 g/mol. The Morgan fingerprint density at radius 1 is 1.21 bits per heavy atom. The molecule has 3 unspecified atom stereocenters. The van der Waals surface area contributed by atoms with Gasteiger partial charge in [0.05, 0.1) is 6.61 Å². The summed E-state index contributed by atoms with van der Waals surface area (Å²) in [7, 11) is 1.44. The summed E-state index contributed by atoms with van der Waals surface area (Å²) < 4.78 is 19.4. The minimum atomic E-state index is -1.89. The lowest BCUT2D eigenvalue weighted by Crippen LogP contribution is -2.50. The number of amides is 1. The highest BCUT2D eigenvalue weighted by atomic mass is 19.1. The van der Waals surface area contributed by atoms with Gasteiger partial charge in [-0.15, -0.1) is 0 Å². The van der Waals surface area contributed by atoms with Crippen molar-refractivity contribution >= 4 is 17.7 Å². The number of pyridine rings is 1. The Hall–Kier alpha value is -3.08. The summed E-state index contributed by atoms with van der Waals surface area (Å²) in [6, 6.07) is 11.3. The van der Waals surface area contributed by atoms with Gasteiger partial charge in [0.2, 0.25) is 0 Å². The number of carbonyl (C=O) groups excluding carboxylic acids is 1. The molecule has 214 valence electrons. The minimum absolute atomic E-state index is 0.0540. The van der Waals surface area contributed by atoms with Crippen molar-refractivity contribution in [3.05, 3.63) is 59.3 Å². The maximum absolute atomic E-state index is 14.4. The number of anilines is 1. The molecule has 0 bridgehead atoms. The van der Waals surface area contributed by atoms with Crippen molar-refractivity contribution in [2.75, 3.05) is 45.2 Å². The highest BCUT2D eigenvalue weighted by Gasteiger charge is 2.35. The van der Waals surface area contributed by atoms with E-state index < -0.39 is 29.7 Å². The van der Waals surface area contributed by atoms with E-state index in [9.17, 15) is 24.2 Å². The van der Waals surface area contributed by atoms with Crippen LogP contribution in [0.3, 0.4) is 0 Å². The van der Waals surface area contributed by atoms with Crippen LogP contribution in [0.2, 0.25) is 0 Å². The highest BCUT2D eigenvalue weighted by Crippen LogP contribution is 2.22. The molecule has 0 fully saturated rings. The van der Waals surface area contributed by atoms with Crippen molar-refractivity contribution in [3.63, 3.8) is 0 Å². The van der Waals surface area contributed by atoms with Crippen molar-refractivity contribution < 1.29 is 28.9 Å². The lowest BCUT2D eigenvalue weighted by Gasteiger charge is -2.28. The molecule has 0 spiro atoms. The third kappa shape index (κ3) is 9.26. The Morgan fingerprint density at radius 3 is 2.69 bits per heavy atom. The number of alkyl halides is 1. The molecule has 1 aliphatic rings. The molecule has 1 aliphatic heterocycles. The molecular formula is C29H41FN4O5. The van der Waals surface area contributed by atoms with Gasteiger partial charge in [0, 0.05) is 32.4 Å². The van der Waals surface area contributed by atoms with E-state index in [1.807, 2.05) is 4.90 Å². The number of ether oxygens (including phenoxy) is 1. The number of aliphatic carboxylic acids is 1. The maximum atomic E-state index is 14.4. The summed E-state index contributed by atoms with van der Waals surface area (Å²) in [4.78, 5) is 31.3. The molecular weight excluding hydrogens is 503 g/mol. The molecule has 4 N–H and O–H groups in total. The molecule has 0 saturated heterocycles. The fourth-order valence-electron chi connectivity index (χ4n) is 4.72. The number of hydrogen-bond donors (Lipinski definition) is 4. The Balaban J connectivity index is 1.54. The second kappa shape index (κ2) is 14.9. The summed E-state index contributed by atoms with van der Waals surface area (Å²) in [5.41, 5.74) is 0.722. The van der Waals surface area contributed by atoms with E-state index in [1.54, 1.807) is 30.3 Å². The third-order valence-corrected chi connectivity index (χ3v) is 7.03. The van der Waals surface area contributed by atoms with Crippen LogP contribution >= 0.6 is 0 Å². The Kier molecular flexibility index (Phi) is 11.6. The fraction of sp³-hybridized carbons (Fsp3) is 0.552. The molecule has 0 aliphatic carbocycles. The number of nitrogens with zero attached hydrogens (tertiary/aromatic N) is 2. The average molecular weight is 545 g/mol. The Morgan fingerprint density at radius 2 is 1.97 bits per heavy atom. The quantitative estimate of drug-likeness (QED) is 0.238. The first-order valence-electron chi connectivity index (χ1n) is 13.6. The van der Waals surface area contributed by atoms with E-state index in [1.165, 1.54) is 19.6 Å². The number of carbonyl (C=O) groups is 2. The molecule has 9 nitrogen and oxygen atoms in total. The number of aliphatic hydroxyl groups is 1. The van der Waals surface area contributed by atoms with E-state index in [0.29, 0.717) is 12.1 Å². The molecule has 1 aromatic carbocycles. The molecule has 2 aromatic rings. The average Bonchev–Trinajstić information content (AvgIpc) is 2.93. The van der Waals surface area contributed by atoms with Crippen LogP contribution in [-0.2, 0) is 32.8 Å². The highest BCUT2D eigenvalue weighted by molar-refractivity contribution is 5.89. The van der Waals surface area contributed by atoms with Crippen molar-refractivity contribution in [3.8, 4) is 0 Å². The van der Waals surface area contributed by atoms with Crippen molar-refractivity contribution in [2.45, 2.75) is 63.3 Å². The smallest absolute Gasteiger partial charge is 0.326 e. The standard InChI is InChI=1S/C29H41FN4O5/c1-29(38,22-10-4-3-5-11-22)28(37)33-25(27(35)36)15-18-34(19-23(30)20-39-2)17-7-6-12-24-14-13-21-9-8-16-31-26(21)32-24/h3-5,10-11,13-14,23,25,38H,6-9,12,15-20H2,1-2H3,(H,31,32)(H,33,37)(H,35,36). The van der Waals surface area contributed by atoms with Gasteiger partial charge in [-0.3, -0.25) is 4.79 Å². The van der Waals surface area contributed by atoms with Gasteiger partial charge in [-0.1, -0.05) is 36.4 Å². The summed E-state index contributed by atoms with van der Waals surface area (Å²) in [5, 5.41) is 26.3. The number of aromatic nitrogens is 1. The second-order valence-corrected chi connectivity index (χ2v) is 10.2. The van der Waals surface area contributed by atoms with Crippen LogP contribution in [0.1, 0.15) is 49.4 Å². The topological polar surface area (TPSA) is 124 Å². The SMILES string of the molecule is COCC(F)CN(CCCCc1ccc2c(n1)NCCC2)CCC(NC(=O)C(C)(O)c1ccccc1)C(=O)O. The van der Waals surface area contributed by atoms with Crippen LogP contribution in [0.25, 0.3) is 0 Å². The van der Waals surface area contributed by atoms with E-state index in [4.69, 9.17) is 9.72 Å². The van der Waals surface area contributed by atoms with E-state index >= 15 is 0 Å². The molecule has 10 heteroatoms. The molecule has 3 atom stereocenters. The lowest BCUT2D eigenvalue weighted by atomic mass is 9.94. The number of nitrogens with one attached hydrogen (secondary N) is 2. The number of halogens is 1. The number of unbranched alkanes of at least 4 members (excludes halogenated alkanes) is 1. The Bertz CT molecular complexity index is 1070. The zero-order chi connectivity index (χ0) is 28.3. The van der Waals surface area contributed by atoms with Crippen molar-refractivity contribution in [2.24, 2.45) is 0 Å². The zero-order valence-corrected chi connectivity index (χ0v) is 22.9. The number of carboxylic acids is 1. The number of benzene rings is 1. The largest absolute Gasteiger partial charge is 0.480 e. The van der Waals surface area contributed by atoms with Gasteiger partial charge < -0.3 is 30.5 Å². The van der Waals surface area contributed by atoms with Gasteiger partial charge in [-0.25, -0.2) is 14.2 Å².